The first kappa shape index (κ1) is 30.2. The van der Waals surface area contributed by atoms with Gasteiger partial charge in [-0.05, 0) is 55.1 Å². The molecule has 2 aliphatic rings. The van der Waals surface area contributed by atoms with E-state index in [0.717, 1.165) is 53.8 Å². The first-order valence-corrected chi connectivity index (χ1v) is 15.4. The molecule has 1 aliphatic heterocycles. The lowest BCUT2D eigenvalue weighted by atomic mass is 9.79. The van der Waals surface area contributed by atoms with E-state index < -0.39 is 23.6 Å². The fraction of sp³-hybridized carbons (Fsp3) is 0.613. The minimum absolute atomic E-state index is 0.0733. The van der Waals surface area contributed by atoms with Crippen molar-refractivity contribution in [2.45, 2.75) is 97.9 Å². The summed E-state index contributed by atoms with van der Waals surface area (Å²) in [6.45, 7) is 10.3. The number of aryl methyl sites for hydroxylation is 1. The van der Waals surface area contributed by atoms with Crippen molar-refractivity contribution >= 4 is 29.1 Å². The number of nitrogens with zero attached hydrogens (tertiary/aromatic N) is 2. The first-order valence-electron chi connectivity index (χ1n) is 14.5. The molecule has 9 heteroatoms. The molecule has 0 radical (unpaired) electrons. The van der Waals surface area contributed by atoms with Crippen LogP contribution in [-0.2, 0) is 20.9 Å². The molecule has 1 aliphatic carbocycles. The van der Waals surface area contributed by atoms with Gasteiger partial charge in [0.2, 0.25) is 17.7 Å². The summed E-state index contributed by atoms with van der Waals surface area (Å²) in [4.78, 5) is 47.2. The second kappa shape index (κ2) is 12.8. The summed E-state index contributed by atoms with van der Waals surface area (Å²) in [6.07, 6.45) is 4.28. The highest BCUT2D eigenvalue weighted by Gasteiger charge is 2.45. The molecule has 1 aromatic heterocycles. The zero-order chi connectivity index (χ0) is 29.0. The van der Waals surface area contributed by atoms with Crippen LogP contribution in [0.25, 0.3) is 10.4 Å². The molecule has 1 aromatic carbocycles. The molecule has 1 saturated heterocycles. The fourth-order valence-corrected chi connectivity index (χ4v) is 6.68. The van der Waals surface area contributed by atoms with Crippen LogP contribution in [-0.4, -0.2) is 57.4 Å². The molecule has 4 rings (SSSR count). The molecule has 3 amide bonds. The minimum Gasteiger partial charge on any atom is -0.391 e. The van der Waals surface area contributed by atoms with Gasteiger partial charge in [-0.3, -0.25) is 14.4 Å². The Kier molecular flexibility index (Phi) is 9.67. The van der Waals surface area contributed by atoms with E-state index in [1.54, 1.807) is 11.3 Å². The lowest BCUT2D eigenvalue weighted by Gasteiger charge is -2.36. The SMILES string of the molecule is CCC1CCC(C(=O)N[C@H](C(=O)N2C[C@H](O)C[C@H]2C(=O)NCc2ccc(-c3scnc3C)cc2)C(C)(C)C)CC1. The number of aromatic nitrogens is 1. The third-order valence-corrected chi connectivity index (χ3v) is 9.47. The summed E-state index contributed by atoms with van der Waals surface area (Å²) in [5, 5.41) is 16.4. The van der Waals surface area contributed by atoms with Gasteiger partial charge in [0, 0.05) is 25.4 Å². The summed E-state index contributed by atoms with van der Waals surface area (Å²) in [7, 11) is 0. The van der Waals surface area contributed by atoms with E-state index >= 15 is 0 Å². The van der Waals surface area contributed by atoms with Crippen LogP contribution in [0, 0.1) is 24.2 Å². The van der Waals surface area contributed by atoms with E-state index in [2.05, 4.69) is 22.5 Å². The number of carbonyl (C=O) groups is 3. The number of aliphatic hydroxyl groups is 1. The van der Waals surface area contributed by atoms with Crippen LogP contribution < -0.4 is 10.6 Å². The molecule has 0 bridgehead atoms. The van der Waals surface area contributed by atoms with Crippen LogP contribution in [0.3, 0.4) is 0 Å². The predicted octanol–water partition coefficient (Wildman–Crippen LogP) is 4.44. The number of likely N-dealkylation sites (tertiary alicyclic amines) is 1. The number of nitrogens with one attached hydrogen (secondary N) is 2. The van der Waals surface area contributed by atoms with E-state index in [0.29, 0.717) is 12.5 Å². The van der Waals surface area contributed by atoms with Crippen LogP contribution in [0.5, 0.6) is 0 Å². The molecule has 40 heavy (non-hydrogen) atoms. The third-order valence-electron chi connectivity index (χ3n) is 8.49. The molecule has 0 spiro atoms. The molecule has 2 fully saturated rings. The van der Waals surface area contributed by atoms with Crippen LogP contribution in [0.2, 0.25) is 0 Å². The van der Waals surface area contributed by atoms with Crippen molar-refractivity contribution in [3.05, 3.63) is 41.0 Å². The number of aliphatic hydroxyl groups excluding tert-OH is 1. The Morgan fingerprint density at radius 3 is 2.35 bits per heavy atom. The average molecular weight is 569 g/mol. The lowest BCUT2D eigenvalue weighted by Crippen LogP contribution is -2.58. The van der Waals surface area contributed by atoms with Crippen molar-refractivity contribution < 1.29 is 19.5 Å². The zero-order valence-electron chi connectivity index (χ0n) is 24.4. The molecule has 2 heterocycles. The van der Waals surface area contributed by atoms with Gasteiger partial charge in [-0.15, -0.1) is 11.3 Å². The number of rotatable bonds is 8. The van der Waals surface area contributed by atoms with Crippen molar-refractivity contribution in [2.75, 3.05) is 6.54 Å². The monoisotopic (exact) mass is 568 g/mol. The van der Waals surface area contributed by atoms with Gasteiger partial charge in [0.15, 0.2) is 0 Å². The molecule has 1 saturated carbocycles. The number of benzene rings is 1. The number of amides is 3. The summed E-state index contributed by atoms with van der Waals surface area (Å²) in [5.74, 6) is -0.112. The van der Waals surface area contributed by atoms with E-state index in [4.69, 9.17) is 0 Å². The number of hydrogen-bond donors (Lipinski definition) is 3. The standard InChI is InChI=1S/C31H44N4O4S/c1-6-20-7-13-23(14-8-20)28(37)34-27(31(3,4)5)30(39)35-17-24(36)15-25(35)29(38)32-16-21-9-11-22(12-10-21)26-19(2)33-18-40-26/h9-12,18,20,23-25,27,36H,6-8,13-17H2,1-5H3,(H,32,38)(H,34,37)/t20?,23?,24-,25+,27-/m1/s1. The molecule has 0 unspecified atom stereocenters. The average Bonchev–Trinajstić information content (AvgIpc) is 3.54. The Balaban J connectivity index is 1.39. The predicted molar refractivity (Wildman–Crippen MR) is 157 cm³/mol. The van der Waals surface area contributed by atoms with Crippen LogP contribution in [0.15, 0.2) is 29.8 Å². The Morgan fingerprint density at radius 1 is 1.10 bits per heavy atom. The quantitative estimate of drug-likeness (QED) is 0.436. The van der Waals surface area contributed by atoms with Crippen LogP contribution in [0.4, 0.5) is 0 Å². The van der Waals surface area contributed by atoms with Gasteiger partial charge in [0.05, 0.1) is 22.2 Å². The zero-order valence-corrected chi connectivity index (χ0v) is 25.2. The summed E-state index contributed by atoms with van der Waals surface area (Å²) in [5.41, 5.74) is 4.28. The lowest BCUT2D eigenvalue weighted by molar-refractivity contribution is -0.144. The molecule has 218 valence electrons. The van der Waals surface area contributed by atoms with Crippen LogP contribution in [0.1, 0.15) is 77.5 Å². The molecule has 8 nitrogen and oxygen atoms in total. The Hall–Kier alpha value is -2.78. The molecular weight excluding hydrogens is 524 g/mol. The fourth-order valence-electron chi connectivity index (χ4n) is 5.87. The summed E-state index contributed by atoms with van der Waals surface area (Å²) >= 11 is 1.59. The minimum atomic E-state index is -0.790. The van der Waals surface area contributed by atoms with Gasteiger partial charge in [0.25, 0.3) is 0 Å². The largest absolute Gasteiger partial charge is 0.391 e. The van der Waals surface area contributed by atoms with Crippen molar-refractivity contribution in [2.24, 2.45) is 17.3 Å². The maximum Gasteiger partial charge on any atom is 0.246 e. The molecule has 3 N–H and O–H groups in total. The number of carbonyl (C=O) groups excluding carboxylic acids is 3. The van der Waals surface area contributed by atoms with Gasteiger partial charge in [-0.25, -0.2) is 4.98 Å². The van der Waals surface area contributed by atoms with Gasteiger partial charge in [-0.1, -0.05) is 58.4 Å². The van der Waals surface area contributed by atoms with E-state index in [9.17, 15) is 19.5 Å². The smallest absolute Gasteiger partial charge is 0.246 e. The summed E-state index contributed by atoms with van der Waals surface area (Å²) < 4.78 is 0. The highest BCUT2D eigenvalue weighted by Crippen LogP contribution is 2.32. The highest BCUT2D eigenvalue weighted by molar-refractivity contribution is 7.13. The van der Waals surface area contributed by atoms with E-state index in [1.807, 2.05) is 57.5 Å². The van der Waals surface area contributed by atoms with Gasteiger partial charge >= 0.3 is 0 Å². The van der Waals surface area contributed by atoms with E-state index in [1.165, 1.54) is 4.90 Å². The maximum absolute atomic E-state index is 13.8. The first-order chi connectivity index (χ1) is 19.0. The number of thiazole rings is 1. The van der Waals surface area contributed by atoms with Crippen molar-refractivity contribution in [1.82, 2.24) is 20.5 Å². The summed E-state index contributed by atoms with van der Waals surface area (Å²) in [6, 6.07) is 6.40. The molecule has 2 aromatic rings. The number of β-amino-alcohol motifs (C(OH)–C–C–N with tert-alkyl or cyclic N) is 1. The Morgan fingerprint density at radius 2 is 1.77 bits per heavy atom. The maximum atomic E-state index is 13.8. The topological polar surface area (TPSA) is 112 Å². The number of hydrogen-bond acceptors (Lipinski definition) is 6. The second-order valence-corrected chi connectivity index (χ2v) is 13.4. The van der Waals surface area contributed by atoms with Crippen molar-refractivity contribution in [3.8, 4) is 10.4 Å². The van der Waals surface area contributed by atoms with Gasteiger partial charge in [-0.2, -0.15) is 0 Å². The van der Waals surface area contributed by atoms with Crippen molar-refractivity contribution in [1.29, 1.82) is 0 Å². The third kappa shape index (κ3) is 7.10. The van der Waals surface area contributed by atoms with Crippen molar-refractivity contribution in [3.63, 3.8) is 0 Å². The van der Waals surface area contributed by atoms with Gasteiger partial charge < -0.3 is 20.6 Å². The highest BCUT2D eigenvalue weighted by atomic mass is 32.1. The van der Waals surface area contributed by atoms with Crippen LogP contribution >= 0.6 is 11.3 Å². The Labute approximate surface area is 242 Å². The Bertz CT molecular complexity index is 1180. The second-order valence-electron chi connectivity index (χ2n) is 12.5. The normalized spacial score (nSPS) is 24.0. The molecular formula is C31H44N4O4S. The van der Waals surface area contributed by atoms with E-state index in [-0.39, 0.29) is 36.6 Å². The molecule has 3 atom stereocenters. The van der Waals surface area contributed by atoms with Gasteiger partial charge in [0.1, 0.15) is 12.1 Å².